The summed E-state index contributed by atoms with van der Waals surface area (Å²) < 4.78 is 10.3. The van der Waals surface area contributed by atoms with Crippen molar-refractivity contribution < 1.29 is 23.5 Å². The van der Waals surface area contributed by atoms with Gasteiger partial charge in [-0.15, -0.1) is 11.3 Å². The minimum Gasteiger partial charge on any atom is -0.459 e. The highest BCUT2D eigenvalue weighted by Crippen LogP contribution is 2.21. The van der Waals surface area contributed by atoms with E-state index in [0.29, 0.717) is 37.5 Å². The molecule has 0 radical (unpaired) electrons. The fourth-order valence-electron chi connectivity index (χ4n) is 2.84. The molecular formula is C18H20N2O5S. The van der Waals surface area contributed by atoms with E-state index < -0.39 is 5.97 Å². The molecule has 3 heterocycles. The summed E-state index contributed by atoms with van der Waals surface area (Å²) in [6, 6.07) is 5.05. The largest absolute Gasteiger partial charge is 0.459 e. The fraction of sp³-hybridized carbons (Fsp3) is 0.389. The predicted molar refractivity (Wildman–Crippen MR) is 95.3 cm³/mol. The van der Waals surface area contributed by atoms with E-state index in [4.69, 9.17) is 9.15 Å². The van der Waals surface area contributed by atoms with Crippen molar-refractivity contribution in [3.63, 3.8) is 0 Å². The number of esters is 1. The van der Waals surface area contributed by atoms with Gasteiger partial charge >= 0.3 is 5.97 Å². The number of hydrogen-bond donors (Lipinski definition) is 0. The van der Waals surface area contributed by atoms with Crippen LogP contribution in [-0.4, -0.2) is 60.4 Å². The van der Waals surface area contributed by atoms with Crippen LogP contribution in [0.4, 0.5) is 0 Å². The monoisotopic (exact) mass is 376 g/mol. The molecule has 0 unspecified atom stereocenters. The molecule has 138 valence electrons. The number of hydrogen-bond acceptors (Lipinski definition) is 6. The van der Waals surface area contributed by atoms with Crippen LogP contribution < -0.4 is 0 Å². The first-order valence-corrected chi connectivity index (χ1v) is 9.12. The van der Waals surface area contributed by atoms with Crippen molar-refractivity contribution in [2.45, 2.75) is 13.8 Å². The highest BCUT2D eigenvalue weighted by Gasteiger charge is 2.26. The van der Waals surface area contributed by atoms with Crippen molar-refractivity contribution in [3.8, 4) is 0 Å². The molecule has 0 aliphatic carbocycles. The van der Waals surface area contributed by atoms with E-state index in [1.54, 1.807) is 28.0 Å². The first kappa shape index (κ1) is 18.2. The van der Waals surface area contributed by atoms with Crippen LogP contribution in [0.3, 0.4) is 0 Å². The Balaban J connectivity index is 1.47. The third kappa shape index (κ3) is 3.96. The van der Waals surface area contributed by atoms with Crippen LogP contribution in [0.15, 0.2) is 28.9 Å². The average molecular weight is 376 g/mol. The Hall–Kier alpha value is -2.61. The van der Waals surface area contributed by atoms with Crippen LogP contribution in [-0.2, 0) is 9.53 Å². The smallest absolute Gasteiger partial charge is 0.339 e. The molecule has 0 spiro atoms. The highest BCUT2D eigenvalue weighted by atomic mass is 32.1. The van der Waals surface area contributed by atoms with Crippen molar-refractivity contribution in [1.29, 1.82) is 0 Å². The van der Waals surface area contributed by atoms with Gasteiger partial charge < -0.3 is 19.0 Å². The topological polar surface area (TPSA) is 80.1 Å². The SMILES string of the molecule is Cc1cc(C(=O)OCC(=O)N2CCN(C(=O)c3ccco3)CC2)c(C)s1. The lowest BCUT2D eigenvalue weighted by molar-refractivity contribution is -0.136. The molecule has 0 bridgehead atoms. The lowest BCUT2D eigenvalue weighted by atomic mass is 10.2. The summed E-state index contributed by atoms with van der Waals surface area (Å²) in [7, 11) is 0. The summed E-state index contributed by atoms with van der Waals surface area (Å²) in [6.45, 7) is 5.12. The van der Waals surface area contributed by atoms with Crippen LogP contribution in [0.2, 0.25) is 0 Å². The summed E-state index contributed by atoms with van der Waals surface area (Å²) in [5.74, 6) is -0.628. The van der Waals surface area contributed by atoms with Gasteiger partial charge in [-0.1, -0.05) is 0 Å². The Morgan fingerprint density at radius 2 is 1.85 bits per heavy atom. The molecule has 1 saturated heterocycles. The molecular weight excluding hydrogens is 356 g/mol. The molecule has 0 saturated carbocycles. The molecule has 2 amide bonds. The number of amides is 2. The molecule has 3 rings (SSSR count). The molecule has 7 nitrogen and oxygen atoms in total. The zero-order chi connectivity index (χ0) is 18.7. The maximum absolute atomic E-state index is 12.3. The van der Waals surface area contributed by atoms with Gasteiger partial charge in [0.15, 0.2) is 12.4 Å². The summed E-state index contributed by atoms with van der Waals surface area (Å²) in [5, 5.41) is 0. The van der Waals surface area contributed by atoms with E-state index in [2.05, 4.69) is 0 Å². The van der Waals surface area contributed by atoms with Crippen molar-refractivity contribution >= 4 is 29.1 Å². The van der Waals surface area contributed by atoms with Gasteiger partial charge in [0, 0.05) is 35.9 Å². The van der Waals surface area contributed by atoms with Crippen LogP contribution in [0.5, 0.6) is 0 Å². The Morgan fingerprint density at radius 1 is 1.15 bits per heavy atom. The normalized spacial score (nSPS) is 14.4. The van der Waals surface area contributed by atoms with Crippen LogP contribution in [0.25, 0.3) is 0 Å². The van der Waals surface area contributed by atoms with Gasteiger partial charge in [0.2, 0.25) is 0 Å². The molecule has 0 aromatic carbocycles. The molecule has 0 N–H and O–H groups in total. The minimum atomic E-state index is -0.480. The van der Waals surface area contributed by atoms with Gasteiger partial charge in [0.25, 0.3) is 11.8 Å². The van der Waals surface area contributed by atoms with E-state index in [1.807, 2.05) is 13.8 Å². The second-order valence-corrected chi connectivity index (χ2v) is 7.51. The van der Waals surface area contributed by atoms with Gasteiger partial charge in [-0.3, -0.25) is 9.59 Å². The quantitative estimate of drug-likeness (QED) is 0.764. The van der Waals surface area contributed by atoms with Gasteiger partial charge in [-0.2, -0.15) is 0 Å². The number of carbonyl (C=O) groups excluding carboxylic acids is 3. The Bertz CT molecular complexity index is 804. The second-order valence-electron chi connectivity index (χ2n) is 6.05. The predicted octanol–water partition coefficient (Wildman–Crippen LogP) is 2.10. The number of aryl methyl sites for hydroxylation is 2. The standard InChI is InChI=1S/C18H20N2O5S/c1-12-10-14(13(2)26-12)18(23)25-11-16(21)19-5-7-20(8-6-19)17(22)15-4-3-9-24-15/h3-4,9-10H,5-8,11H2,1-2H3. The first-order chi connectivity index (χ1) is 12.5. The number of thiophene rings is 1. The van der Waals surface area contributed by atoms with E-state index in [1.165, 1.54) is 17.6 Å². The molecule has 0 atom stereocenters. The Morgan fingerprint density at radius 3 is 2.42 bits per heavy atom. The molecule has 2 aromatic rings. The maximum atomic E-state index is 12.3. The van der Waals surface area contributed by atoms with E-state index in [0.717, 1.165) is 9.75 Å². The fourth-order valence-corrected chi connectivity index (χ4v) is 3.76. The Kier molecular flexibility index (Phi) is 5.41. The maximum Gasteiger partial charge on any atom is 0.339 e. The van der Waals surface area contributed by atoms with Crippen LogP contribution in [0, 0.1) is 13.8 Å². The Labute approximate surface area is 155 Å². The molecule has 1 fully saturated rings. The highest BCUT2D eigenvalue weighted by molar-refractivity contribution is 7.12. The van der Waals surface area contributed by atoms with Gasteiger partial charge in [-0.05, 0) is 32.0 Å². The number of rotatable bonds is 4. The number of carbonyl (C=O) groups is 3. The third-order valence-corrected chi connectivity index (χ3v) is 5.21. The number of piperazine rings is 1. The third-order valence-electron chi connectivity index (χ3n) is 4.24. The summed E-state index contributed by atoms with van der Waals surface area (Å²) in [5.41, 5.74) is 0.508. The minimum absolute atomic E-state index is 0.183. The molecule has 2 aromatic heterocycles. The van der Waals surface area contributed by atoms with E-state index >= 15 is 0 Å². The average Bonchev–Trinajstić information content (AvgIpc) is 3.28. The van der Waals surface area contributed by atoms with Crippen LogP contribution in [0.1, 0.15) is 30.7 Å². The second kappa shape index (κ2) is 7.74. The number of ether oxygens (including phenoxy) is 1. The summed E-state index contributed by atoms with van der Waals surface area (Å²) in [4.78, 5) is 41.7. The lowest BCUT2D eigenvalue weighted by Crippen LogP contribution is -2.51. The van der Waals surface area contributed by atoms with E-state index in [9.17, 15) is 14.4 Å². The van der Waals surface area contributed by atoms with Crippen molar-refractivity contribution in [2.75, 3.05) is 32.8 Å². The van der Waals surface area contributed by atoms with E-state index in [-0.39, 0.29) is 18.4 Å². The van der Waals surface area contributed by atoms with Gasteiger partial charge in [-0.25, -0.2) is 4.79 Å². The lowest BCUT2D eigenvalue weighted by Gasteiger charge is -2.34. The molecule has 26 heavy (non-hydrogen) atoms. The van der Waals surface area contributed by atoms with Gasteiger partial charge in [0.1, 0.15) is 0 Å². The van der Waals surface area contributed by atoms with Crippen molar-refractivity contribution in [1.82, 2.24) is 9.80 Å². The molecule has 1 aliphatic heterocycles. The van der Waals surface area contributed by atoms with Gasteiger partial charge in [0.05, 0.1) is 11.8 Å². The molecule has 1 aliphatic rings. The number of nitrogens with zero attached hydrogens (tertiary/aromatic N) is 2. The van der Waals surface area contributed by atoms with Crippen LogP contribution >= 0.6 is 11.3 Å². The summed E-state index contributed by atoms with van der Waals surface area (Å²) >= 11 is 1.52. The zero-order valence-electron chi connectivity index (χ0n) is 14.7. The first-order valence-electron chi connectivity index (χ1n) is 8.30. The summed E-state index contributed by atoms with van der Waals surface area (Å²) in [6.07, 6.45) is 1.46. The zero-order valence-corrected chi connectivity index (χ0v) is 15.5. The number of furan rings is 1. The van der Waals surface area contributed by atoms with Crippen molar-refractivity contribution in [2.24, 2.45) is 0 Å². The molecule has 8 heteroatoms. The van der Waals surface area contributed by atoms with Crippen molar-refractivity contribution in [3.05, 3.63) is 45.5 Å².